The summed E-state index contributed by atoms with van der Waals surface area (Å²) in [6.45, 7) is 9.11. The Morgan fingerprint density at radius 1 is 1.15 bits per heavy atom. The van der Waals surface area contributed by atoms with Crippen LogP contribution in [-0.2, 0) is 9.59 Å². The Kier molecular flexibility index (Phi) is 10.5. The second-order valence-electron chi connectivity index (χ2n) is 9.39. The number of piperazine rings is 1. The number of nitrogens with one attached hydrogen (secondary N) is 1. The zero-order chi connectivity index (χ0) is 25.3. The maximum atomic E-state index is 13.3. The molecular weight excluding hydrogens is 436 g/mol. The van der Waals surface area contributed by atoms with E-state index in [1.54, 1.807) is 4.90 Å². The highest BCUT2D eigenvalue weighted by Gasteiger charge is 2.34. The Bertz CT molecular complexity index is 873. The van der Waals surface area contributed by atoms with Gasteiger partial charge in [0.1, 0.15) is 6.04 Å². The van der Waals surface area contributed by atoms with Crippen LogP contribution in [-0.4, -0.2) is 64.2 Å². The van der Waals surface area contributed by atoms with Crippen molar-refractivity contribution < 1.29 is 19.3 Å². The maximum Gasteiger partial charge on any atom is 0.270 e. The van der Waals surface area contributed by atoms with Crippen molar-refractivity contribution in [2.24, 2.45) is 5.92 Å². The number of hydrogen-bond donors (Lipinski definition) is 1. The summed E-state index contributed by atoms with van der Waals surface area (Å²) in [5.41, 5.74) is -0.0459. The van der Waals surface area contributed by atoms with Crippen LogP contribution in [0, 0.1) is 16.0 Å². The summed E-state index contributed by atoms with van der Waals surface area (Å²) in [6, 6.07) is 4.59. The Balaban J connectivity index is 1.96. The molecule has 1 aromatic carbocycles. The molecule has 0 aliphatic carbocycles. The standard InChI is InChI=1S/C25H38N4O5/c1-5-6-7-8-9-13-22(30)28-15-14-27(17-19(28)4)25(32)23(18(2)3)26-24(31)20-11-10-12-21(16-20)29(33)34/h10-12,16,18-19,23H,5-9,13-15,17H2,1-4H3,(H,26,31)/t19-,23-/m1/s1. The van der Waals surface area contributed by atoms with Crippen molar-refractivity contribution in [3.63, 3.8) is 0 Å². The lowest BCUT2D eigenvalue weighted by molar-refractivity contribution is -0.384. The van der Waals surface area contributed by atoms with Gasteiger partial charge in [-0.2, -0.15) is 0 Å². The van der Waals surface area contributed by atoms with Gasteiger partial charge in [0.25, 0.3) is 11.6 Å². The van der Waals surface area contributed by atoms with Gasteiger partial charge in [-0.15, -0.1) is 0 Å². The normalized spacial score (nSPS) is 16.9. The highest BCUT2D eigenvalue weighted by molar-refractivity contribution is 5.98. The van der Waals surface area contributed by atoms with Crippen LogP contribution >= 0.6 is 0 Å². The van der Waals surface area contributed by atoms with Crippen LogP contribution in [0.25, 0.3) is 0 Å². The van der Waals surface area contributed by atoms with Gasteiger partial charge in [0.15, 0.2) is 0 Å². The second-order valence-corrected chi connectivity index (χ2v) is 9.39. The van der Waals surface area contributed by atoms with Crippen molar-refractivity contribution in [3.8, 4) is 0 Å². The molecule has 0 saturated carbocycles. The van der Waals surface area contributed by atoms with E-state index in [4.69, 9.17) is 0 Å². The van der Waals surface area contributed by atoms with Gasteiger partial charge in [0, 0.05) is 49.8 Å². The average molecular weight is 475 g/mol. The largest absolute Gasteiger partial charge is 0.340 e. The Labute approximate surface area is 202 Å². The quantitative estimate of drug-likeness (QED) is 0.298. The van der Waals surface area contributed by atoms with Gasteiger partial charge in [0.05, 0.1) is 4.92 Å². The summed E-state index contributed by atoms with van der Waals surface area (Å²) < 4.78 is 0. The molecule has 1 heterocycles. The predicted octanol–water partition coefficient (Wildman–Crippen LogP) is 3.77. The number of carbonyl (C=O) groups excluding carboxylic acids is 3. The molecule has 3 amide bonds. The first-order valence-electron chi connectivity index (χ1n) is 12.3. The molecule has 1 aliphatic rings. The zero-order valence-electron chi connectivity index (χ0n) is 20.8. The highest BCUT2D eigenvalue weighted by Crippen LogP contribution is 2.18. The lowest BCUT2D eigenvalue weighted by atomic mass is 10.0. The minimum atomic E-state index is -0.764. The lowest BCUT2D eigenvalue weighted by Crippen LogP contribution is -2.59. The fraction of sp³-hybridized carbons (Fsp3) is 0.640. The lowest BCUT2D eigenvalue weighted by Gasteiger charge is -2.41. The minimum Gasteiger partial charge on any atom is -0.340 e. The van der Waals surface area contributed by atoms with E-state index < -0.39 is 16.9 Å². The first-order chi connectivity index (χ1) is 16.1. The number of non-ortho nitro benzene ring substituents is 1. The number of nitro groups is 1. The molecule has 1 N–H and O–H groups in total. The number of nitro benzene ring substituents is 1. The third kappa shape index (κ3) is 7.53. The molecule has 2 rings (SSSR count). The van der Waals surface area contributed by atoms with Gasteiger partial charge in [-0.3, -0.25) is 24.5 Å². The summed E-state index contributed by atoms with van der Waals surface area (Å²) in [6.07, 6.45) is 6.01. The first kappa shape index (κ1) is 27.3. The average Bonchev–Trinajstić information content (AvgIpc) is 2.81. The van der Waals surface area contributed by atoms with Crippen LogP contribution in [0.2, 0.25) is 0 Å². The van der Waals surface area contributed by atoms with Gasteiger partial charge in [0.2, 0.25) is 11.8 Å². The third-order valence-corrected chi connectivity index (χ3v) is 6.29. The van der Waals surface area contributed by atoms with Crippen molar-refractivity contribution in [2.75, 3.05) is 19.6 Å². The molecule has 0 radical (unpaired) electrons. The van der Waals surface area contributed by atoms with E-state index in [2.05, 4.69) is 12.2 Å². The number of unbranched alkanes of at least 4 members (excludes halogenated alkanes) is 4. The molecule has 188 valence electrons. The van der Waals surface area contributed by atoms with Crippen molar-refractivity contribution >= 4 is 23.4 Å². The molecule has 9 heteroatoms. The number of benzene rings is 1. The number of amides is 3. The SMILES string of the molecule is CCCCCCCC(=O)N1CCN(C(=O)[C@H](NC(=O)c2cccc([N+](=O)[O-])c2)C(C)C)C[C@H]1C. The van der Waals surface area contributed by atoms with Crippen LogP contribution in [0.15, 0.2) is 24.3 Å². The highest BCUT2D eigenvalue weighted by atomic mass is 16.6. The summed E-state index contributed by atoms with van der Waals surface area (Å²) in [5.74, 6) is -0.767. The number of rotatable bonds is 11. The fourth-order valence-electron chi connectivity index (χ4n) is 4.25. The number of hydrogen-bond acceptors (Lipinski definition) is 5. The molecular formula is C25H38N4O5. The van der Waals surface area contributed by atoms with E-state index in [1.807, 2.05) is 25.7 Å². The van der Waals surface area contributed by atoms with E-state index in [-0.39, 0.29) is 35.0 Å². The van der Waals surface area contributed by atoms with Crippen molar-refractivity contribution in [3.05, 3.63) is 39.9 Å². The summed E-state index contributed by atoms with van der Waals surface area (Å²) in [7, 11) is 0. The zero-order valence-corrected chi connectivity index (χ0v) is 20.8. The predicted molar refractivity (Wildman–Crippen MR) is 130 cm³/mol. The number of nitrogens with zero attached hydrogens (tertiary/aromatic N) is 3. The molecule has 0 aromatic heterocycles. The monoisotopic (exact) mass is 474 g/mol. The molecule has 9 nitrogen and oxygen atoms in total. The Hall–Kier alpha value is -2.97. The van der Waals surface area contributed by atoms with Gasteiger partial charge in [-0.25, -0.2) is 0 Å². The molecule has 34 heavy (non-hydrogen) atoms. The molecule has 0 spiro atoms. The second kappa shape index (κ2) is 13.1. The fourth-order valence-corrected chi connectivity index (χ4v) is 4.25. The molecule has 1 saturated heterocycles. The summed E-state index contributed by atoms with van der Waals surface area (Å²) in [4.78, 5) is 52.7. The molecule has 1 aliphatic heterocycles. The molecule has 1 aromatic rings. The number of carbonyl (C=O) groups is 3. The van der Waals surface area contributed by atoms with Crippen LogP contribution in [0.3, 0.4) is 0 Å². The Morgan fingerprint density at radius 2 is 1.85 bits per heavy atom. The smallest absolute Gasteiger partial charge is 0.270 e. The molecule has 0 unspecified atom stereocenters. The van der Waals surface area contributed by atoms with E-state index in [1.165, 1.54) is 37.1 Å². The van der Waals surface area contributed by atoms with Gasteiger partial charge < -0.3 is 15.1 Å². The minimum absolute atomic E-state index is 0.0962. The topological polar surface area (TPSA) is 113 Å². The Morgan fingerprint density at radius 3 is 2.47 bits per heavy atom. The van der Waals surface area contributed by atoms with Crippen LogP contribution in [0.4, 0.5) is 5.69 Å². The van der Waals surface area contributed by atoms with Crippen molar-refractivity contribution in [1.82, 2.24) is 15.1 Å². The van der Waals surface area contributed by atoms with E-state index in [0.717, 1.165) is 19.3 Å². The molecule has 1 fully saturated rings. The van der Waals surface area contributed by atoms with Crippen LogP contribution in [0.5, 0.6) is 0 Å². The van der Waals surface area contributed by atoms with Gasteiger partial charge in [-0.05, 0) is 25.3 Å². The van der Waals surface area contributed by atoms with E-state index in [9.17, 15) is 24.5 Å². The van der Waals surface area contributed by atoms with Crippen molar-refractivity contribution in [1.29, 1.82) is 0 Å². The van der Waals surface area contributed by atoms with Crippen LogP contribution in [0.1, 0.15) is 76.6 Å². The summed E-state index contributed by atoms with van der Waals surface area (Å²) >= 11 is 0. The van der Waals surface area contributed by atoms with Gasteiger partial charge >= 0.3 is 0 Å². The summed E-state index contributed by atoms with van der Waals surface area (Å²) in [5, 5.41) is 13.8. The molecule has 0 bridgehead atoms. The first-order valence-corrected chi connectivity index (χ1v) is 12.3. The van der Waals surface area contributed by atoms with E-state index >= 15 is 0 Å². The van der Waals surface area contributed by atoms with Crippen molar-refractivity contribution in [2.45, 2.75) is 78.3 Å². The van der Waals surface area contributed by atoms with E-state index in [0.29, 0.717) is 26.1 Å². The van der Waals surface area contributed by atoms with Gasteiger partial charge in [-0.1, -0.05) is 52.5 Å². The molecule has 2 atom stereocenters. The maximum absolute atomic E-state index is 13.3. The van der Waals surface area contributed by atoms with Crippen LogP contribution < -0.4 is 5.32 Å². The third-order valence-electron chi connectivity index (χ3n) is 6.29.